The Hall–Kier alpha value is -0.850. The van der Waals surface area contributed by atoms with E-state index in [9.17, 15) is 4.79 Å². The number of piperidine rings is 1. The van der Waals surface area contributed by atoms with Crippen molar-refractivity contribution >= 4 is 41.2 Å². The highest BCUT2D eigenvalue weighted by molar-refractivity contribution is 7.97. The first-order chi connectivity index (χ1) is 14.2. The lowest BCUT2D eigenvalue weighted by atomic mass is 9.97. The third-order valence-electron chi connectivity index (χ3n) is 6.09. The standard InChI is InChI=1S/C12H14ClNOS.C11H15NS/c13-11-3-1-2-4-12(11)16-14-7-5-10(9-15)6-8-14;1-12-6-4-10-9(5-7-13-10)11(12)8-2-3-8/h1-4,9-10H,5-8H2;5,7-8,11H,2-4,6H2,1H3. The van der Waals surface area contributed by atoms with Gasteiger partial charge in [0.1, 0.15) is 6.29 Å². The van der Waals surface area contributed by atoms with Crippen LogP contribution in [0.25, 0.3) is 0 Å². The molecule has 6 heteroatoms. The van der Waals surface area contributed by atoms with Crippen molar-refractivity contribution in [2.24, 2.45) is 11.8 Å². The predicted octanol–water partition coefficient (Wildman–Crippen LogP) is 5.95. The molecule has 2 aliphatic heterocycles. The fraction of sp³-hybridized carbons (Fsp3) is 0.522. The van der Waals surface area contributed by atoms with E-state index in [1.54, 1.807) is 22.4 Å². The molecule has 3 nitrogen and oxygen atoms in total. The minimum absolute atomic E-state index is 0.253. The fourth-order valence-electron chi connectivity index (χ4n) is 4.26. The molecule has 29 heavy (non-hydrogen) atoms. The molecule has 0 spiro atoms. The second-order valence-corrected chi connectivity index (χ2v) is 10.8. The van der Waals surface area contributed by atoms with Crippen LogP contribution in [0.4, 0.5) is 0 Å². The molecule has 0 radical (unpaired) electrons. The van der Waals surface area contributed by atoms with E-state index in [2.05, 4.69) is 27.7 Å². The van der Waals surface area contributed by atoms with Crippen LogP contribution in [0.15, 0.2) is 40.6 Å². The van der Waals surface area contributed by atoms with E-state index >= 15 is 0 Å². The van der Waals surface area contributed by atoms with Gasteiger partial charge in [-0.3, -0.25) is 4.90 Å². The zero-order valence-corrected chi connectivity index (χ0v) is 19.3. The highest BCUT2D eigenvalue weighted by Gasteiger charge is 2.38. The van der Waals surface area contributed by atoms with Crippen LogP contribution in [0.2, 0.25) is 5.02 Å². The normalized spacial score (nSPS) is 23.2. The monoisotopic (exact) mass is 448 g/mol. The van der Waals surface area contributed by atoms with Crippen LogP contribution in [-0.2, 0) is 11.2 Å². The summed E-state index contributed by atoms with van der Waals surface area (Å²) in [6.45, 7) is 3.17. The van der Waals surface area contributed by atoms with Gasteiger partial charge in [-0.2, -0.15) is 0 Å². The van der Waals surface area contributed by atoms with Gasteiger partial charge in [-0.1, -0.05) is 23.7 Å². The molecule has 1 saturated heterocycles. The van der Waals surface area contributed by atoms with Crippen molar-refractivity contribution < 1.29 is 4.79 Å². The van der Waals surface area contributed by atoms with Gasteiger partial charge >= 0.3 is 0 Å². The van der Waals surface area contributed by atoms with Gasteiger partial charge in [0.15, 0.2) is 0 Å². The summed E-state index contributed by atoms with van der Waals surface area (Å²) in [5.41, 5.74) is 1.64. The number of fused-ring (bicyclic) bond motifs is 1. The largest absolute Gasteiger partial charge is 0.303 e. The third-order valence-corrected chi connectivity index (χ3v) is 8.70. The Morgan fingerprint density at radius 1 is 1.10 bits per heavy atom. The maximum atomic E-state index is 10.6. The Balaban J connectivity index is 0.000000144. The SMILES string of the molecule is CN1CCc2sccc2C1C1CC1.O=CC1CCN(Sc2ccccc2Cl)CC1. The smallest absolute Gasteiger partial charge is 0.123 e. The van der Waals surface area contributed by atoms with E-state index in [0.29, 0.717) is 0 Å². The van der Waals surface area contributed by atoms with Gasteiger partial charge in [-0.05, 0) is 86.2 Å². The lowest BCUT2D eigenvalue weighted by Gasteiger charge is -2.32. The molecule has 2 fully saturated rings. The Kier molecular flexibility index (Phi) is 7.35. The molecule has 3 heterocycles. The van der Waals surface area contributed by atoms with E-state index in [4.69, 9.17) is 11.6 Å². The molecule has 1 aliphatic carbocycles. The number of hydrogen-bond donors (Lipinski definition) is 0. The van der Waals surface area contributed by atoms with E-state index in [1.807, 2.05) is 35.6 Å². The second kappa shape index (κ2) is 9.97. The van der Waals surface area contributed by atoms with Gasteiger partial charge in [-0.25, -0.2) is 4.31 Å². The number of nitrogens with zero attached hydrogens (tertiary/aromatic N) is 2. The predicted molar refractivity (Wildman–Crippen MR) is 124 cm³/mol. The summed E-state index contributed by atoms with van der Waals surface area (Å²) in [4.78, 5) is 15.9. The second-order valence-electron chi connectivity index (χ2n) is 8.24. The molecule has 5 rings (SSSR count). The van der Waals surface area contributed by atoms with E-state index in [1.165, 1.54) is 25.8 Å². The van der Waals surface area contributed by atoms with Crippen LogP contribution in [0.3, 0.4) is 0 Å². The Bertz CT molecular complexity index is 815. The molecule has 3 aliphatic rings. The quantitative estimate of drug-likeness (QED) is 0.426. The fourth-order valence-corrected chi connectivity index (χ4v) is 6.38. The van der Waals surface area contributed by atoms with Gasteiger partial charge < -0.3 is 4.79 Å². The topological polar surface area (TPSA) is 23.6 Å². The first-order valence-electron chi connectivity index (χ1n) is 10.5. The number of thiophene rings is 1. The molecule has 1 atom stereocenters. The lowest BCUT2D eigenvalue weighted by Crippen LogP contribution is -2.32. The Morgan fingerprint density at radius 3 is 2.55 bits per heavy atom. The van der Waals surface area contributed by atoms with Gasteiger partial charge in [0, 0.05) is 41.4 Å². The van der Waals surface area contributed by atoms with Crippen molar-refractivity contribution in [2.75, 3.05) is 26.7 Å². The maximum absolute atomic E-state index is 10.6. The van der Waals surface area contributed by atoms with Crippen molar-refractivity contribution in [3.8, 4) is 0 Å². The van der Waals surface area contributed by atoms with Gasteiger partial charge in [0.05, 0.1) is 5.02 Å². The first-order valence-corrected chi connectivity index (χ1v) is 12.6. The summed E-state index contributed by atoms with van der Waals surface area (Å²) >= 11 is 9.73. The number of rotatable bonds is 4. The first kappa shape index (κ1) is 21.4. The third kappa shape index (κ3) is 5.45. The van der Waals surface area contributed by atoms with Crippen LogP contribution in [0.5, 0.6) is 0 Å². The van der Waals surface area contributed by atoms with Crippen LogP contribution in [0, 0.1) is 11.8 Å². The summed E-state index contributed by atoms with van der Waals surface area (Å²) in [5, 5.41) is 3.06. The minimum atomic E-state index is 0.253. The number of carbonyl (C=O) groups is 1. The maximum Gasteiger partial charge on any atom is 0.123 e. The molecule has 156 valence electrons. The summed E-state index contributed by atoms with van der Waals surface area (Å²) in [5.74, 6) is 1.22. The lowest BCUT2D eigenvalue weighted by molar-refractivity contribution is -0.112. The molecule has 0 amide bonds. The van der Waals surface area contributed by atoms with Gasteiger partial charge in [0.25, 0.3) is 0 Å². The van der Waals surface area contributed by atoms with Gasteiger partial charge in [0.2, 0.25) is 0 Å². The number of hydrogen-bond acceptors (Lipinski definition) is 5. The molecule has 2 aromatic rings. The zero-order valence-electron chi connectivity index (χ0n) is 16.9. The molecular formula is C23H29ClN2OS2. The number of likely N-dealkylation sites (N-methyl/N-ethyl adjacent to an activating group) is 1. The summed E-state index contributed by atoms with van der Waals surface area (Å²) < 4.78 is 2.28. The zero-order chi connectivity index (χ0) is 20.2. The van der Waals surface area contributed by atoms with E-state index in [0.717, 1.165) is 54.1 Å². The average Bonchev–Trinajstić information content (AvgIpc) is 3.46. The summed E-state index contributed by atoms with van der Waals surface area (Å²) in [6, 6.07) is 11.0. The van der Waals surface area contributed by atoms with Gasteiger partial charge in [-0.15, -0.1) is 11.3 Å². The van der Waals surface area contributed by atoms with Crippen molar-refractivity contribution in [1.82, 2.24) is 9.21 Å². The Morgan fingerprint density at radius 2 is 1.86 bits per heavy atom. The molecule has 1 aromatic carbocycles. The van der Waals surface area contributed by atoms with Crippen LogP contribution >= 0.6 is 34.9 Å². The molecule has 1 unspecified atom stereocenters. The van der Waals surface area contributed by atoms with Crippen LogP contribution < -0.4 is 0 Å². The number of aldehydes is 1. The molecule has 1 aromatic heterocycles. The summed E-state index contributed by atoms with van der Waals surface area (Å²) in [7, 11) is 2.28. The molecular weight excluding hydrogens is 420 g/mol. The average molecular weight is 449 g/mol. The van der Waals surface area contributed by atoms with E-state index in [-0.39, 0.29) is 5.92 Å². The highest BCUT2D eigenvalue weighted by Crippen LogP contribution is 2.47. The van der Waals surface area contributed by atoms with Crippen LogP contribution in [-0.4, -0.2) is 42.2 Å². The van der Waals surface area contributed by atoms with Crippen LogP contribution in [0.1, 0.15) is 42.2 Å². The number of benzene rings is 1. The molecule has 1 saturated carbocycles. The van der Waals surface area contributed by atoms with Crippen molar-refractivity contribution in [3.05, 3.63) is 51.2 Å². The molecule has 0 N–H and O–H groups in total. The van der Waals surface area contributed by atoms with Crippen molar-refractivity contribution in [1.29, 1.82) is 0 Å². The minimum Gasteiger partial charge on any atom is -0.303 e. The highest BCUT2D eigenvalue weighted by atomic mass is 35.5. The van der Waals surface area contributed by atoms with E-state index < -0.39 is 0 Å². The number of halogens is 1. The van der Waals surface area contributed by atoms with Crippen molar-refractivity contribution in [2.45, 2.75) is 43.0 Å². The van der Waals surface area contributed by atoms with Crippen molar-refractivity contribution in [3.63, 3.8) is 0 Å². The Labute approximate surface area is 187 Å². The summed E-state index contributed by atoms with van der Waals surface area (Å²) in [6.07, 6.45) is 7.17. The number of carbonyl (C=O) groups excluding carboxylic acids is 1. The molecule has 0 bridgehead atoms.